The van der Waals surface area contributed by atoms with Gasteiger partial charge in [0.1, 0.15) is 18.9 Å². The summed E-state index contributed by atoms with van der Waals surface area (Å²) < 4.78 is 7.36. The Hall–Kier alpha value is -2.19. The molecule has 0 radical (unpaired) electrons. The summed E-state index contributed by atoms with van der Waals surface area (Å²) in [4.78, 5) is 17.0. The molecule has 3 heterocycles. The molecule has 2 aliphatic heterocycles. The van der Waals surface area contributed by atoms with Crippen molar-refractivity contribution in [2.24, 2.45) is 5.92 Å². The third-order valence-corrected chi connectivity index (χ3v) is 5.72. The van der Waals surface area contributed by atoms with Gasteiger partial charge in [-0.05, 0) is 60.5 Å². The zero-order valence-corrected chi connectivity index (χ0v) is 16.8. The number of amides is 1. The lowest BCUT2D eigenvalue weighted by Gasteiger charge is -2.29. The smallest absolute Gasteiger partial charge is 0.244 e. The van der Waals surface area contributed by atoms with Crippen molar-refractivity contribution >= 4 is 17.5 Å². The molecule has 2 aliphatic rings. The molecule has 28 heavy (non-hydrogen) atoms. The second-order valence-electron chi connectivity index (χ2n) is 7.63. The third kappa shape index (κ3) is 4.44. The first-order chi connectivity index (χ1) is 13.6. The number of aromatic nitrogens is 4. The van der Waals surface area contributed by atoms with Crippen LogP contribution in [-0.4, -0.2) is 62.2 Å². The van der Waals surface area contributed by atoms with E-state index in [0.29, 0.717) is 31.3 Å². The number of tetrazole rings is 1. The SMILES string of the molecule is CC1CCN(Cc2nnnn2CC(=O)N2CCOc3ccc(Cl)cc3C2)CC1. The predicted octanol–water partition coefficient (Wildman–Crippen LogP) is 1.98. The van der Waals surface area contributed by atoms with Crippen molar-refractivity contribution in [1.29, 1.82) is 0 Å². The molecule has 2 aromatic rings. The Balaban J connectivity index is 1.41. The minimum atomic E-state index is -0.0303. The Morgan fingerprint density at radius 1 is 1.29 bits per heavy atom. The van der Waals surface area contributed by atoms with Crippen molar-refractivity contribution < 1.29 is 9.53 Å². The van der Waals surface area contributed by atoms with Gasteiger partial charge in [-0.3, -0.25) is 9.69 Å². The second kappa shape index (κ2) is 8.45. The van der Waals surface area contributed by atoms with Crippen LogP contribution in [0, 0.1) is 5.92 Å². The number of carbonyl (C=O) groups is 1. The number of halogens is 1. The molecule has 9 heteroatoms. The highest BCUT2D eigenvalue weighted by molar-refractivity contribution is 6.30. The Kier molecular flexibility index (Phi) is 5.77. The fourth-order valence-corrected chi connectivity index (χ4v) is 3.88. The quantitative estimate of drug-likeness (QED) is 0.775. The molecule has 0 atom stereocenters. The largest absolute Gasteiger partial charge is 0.491 e. The molecule has 1 fully saturated rings. The van der Waals surface area contributed by atoms with Crippen molar-refractivity contribution in [2.75, 3.05) is 26.2 Å². The summed E-state index contributed by atoms with van der Waals surface area (Å²) in [6.07, 6.45) is 2.38. The van der Waals surface area contributed by atoms with Gasteiger partial charge in [0.2, 0.25) is 5.91 Å². The van der Waals surface area contributed by atoms with Crippen LogP contribution in [0.15, 0.2) is 18.2 Å². The summed E-state index contributed by atoms with van der Waals surface area (Å²) in [5.74, 6) is 2.26. The highest BCUT2D eigenvalue weighted by Gasteiger charge is 2.23. The van der Waals surface area contributed by atoms with Gasteiger partial charge in [0.05, 0.1) is 13.1 Å². The lowest BCUT2D eigenvalue weighted by molar-refractivity contribution is -0.132. The van der Waals surface area contributed by atoms with Crippen LogP contribution in [0.25, 0.3) is 0 Å². The van der Waals surface area contributed by atoms with Gasteiger partial charge in [-0.25, -0.2) is 4.68 Å². The Morgan fingerprint density at radius 2 is 2.11 bits per heavy atom. The van der Waals surface area contributed by atoms with E-state index in [9.17, 15) is 4.79 Å². The predicted molar refractivity (Wildman–Crippen MR) is 104 cm³/mol. The Morgan fingerprint density at radius 3 is 2.93 bits per heavy atom. The highest BCUT2D eigenvalue weighted by atomic mass is 35.5. The van der Waals surface area contributed by atoms with Crippen LogP contribution in [0.4, 0.5) is 0 Å². The number of ether oxygens (including phenoxy) is 1. The van der Waals surface area contributed by atoms with Gasteiger partial charge in [0.25, 0.3) is 0 Å². The summed E-state index contributed by atoms with van der Waals surface area (Å²) in [5, 5.41) is 12.6. The number of nitrogens with zero attached hydrogens (tertiary/aromatic N) is 6. The normalized spacial score (nSPS) is 18.4. The van der Waals surface area contributed by atoms with E-state index in [1.54, 1.807) is 15.6 Å². The molecule has 0 N–H and O–H groups in total. The molecule has 0 aliphatic carbocycles. The summed E-state index contributed by atoms with van der Waals surface area (Å²) in [6, 6.07) is 5.50. The number of rotatable bonds is 4. The fourth-order valence-electron chi connectivity index (χ4n) is 3.68. The number of fused-ring (bicyclic) bond motifs is 1. The lowest BCUT2D eigenvalue weighted by atomic mass is 9.99. The van der Waals surface area contributed by atoms with Gasteiger partial charge in [0.15, 0.2) is 5.82 Å². The first kappa shape index (κ1) is 19.1. The van der Waals surface area contributed by atoms with Crippen LogP contribution in [0.1, 0.15) is 31.2 Å². The number of likely N-dealkylation sites (tertiary alicyclic amines) is 1. The van der Waals surface area contributed by atoms with Gasteiger partial charge >= 0.3 is 0 Å². The van der Waals surface area contributed by atoms with E-state index in [0.717, 1.165) is 36.1 Å². The van der Waals surface area contributed by atoms with Crippen molar-refractivity contribution in [2.45, 2.75) is 39.4 Å². The third-order valence-electron chi connectivity index (χ3n) is 5.49. The molecule has 1 amide bonds. The maximum Gasteiger partial charge on any atom is 0.244 e. The van der Waals surface area contributed by atoms with Gasteiger partial charge in [-0.15, -0.1) is 5.10 Å². The first-order valence-corrected chi connectivity index (χ1v) is 10.1. The molecule has 1 aromatic heterocycles. The van der Waals surface area contributed by atoms with Gasteiger partial charge in [-0.1, -0.05) is 18.5 Å². The van der Waals surface area contributed by atoms with Gasteiger partial charge in [0, 0.05) is 17.1 Å². The van der Waals surface area contributed by atoms with E-state index in [4.69, 9.17) is 16.3 Å². The Labute approximate surface area is 169 Å². The van der Waals surface area contributed by atoms with E-state index in [2.05, 4.69) is 27.3 Å². The van der Waals surface area contributed by atoms with Crippen LogP contribution < -0.4 is 4.74 Å². The standard InChI is InChI=1S/C19H25ClN6O2/c1-14-4-6-24(7-5-14)12-18-21-22-23-26(18)13-19(27)25-8-9-28-17-3-2-16(20)10-15(17)11-25/h2-3,10,14H,4-9,11-13H2,1H3. The molecular formula is C19H25ClN6O2. The van der Waals surface area contributed by atoms with Crippen molar-refractivity contribution in [3.8, 4) is 5.75 Å². The Bertz CT molecular complexity index is 834. The minimum Gasteiger partial charge on any atom is -0.491 e. The zero-order valence-electron chi connectivity index (χ0n) is 16.1. The van der Waals surface area contributed by atoms with E-state index in [-0.39, 0.29) is 12.5 Å². The zero-order chi connectivity index (χ0) is 19.5. The number of hydrogen-bond donors (Lipinski definition) is 0. The number of hydrogen-bond acceptors (Lipinski definition) is 6. The molecule has 0 spiro atoms. The average Bonchev–Trinajstić information content (AvgIpc) is 2.99. The molecule has 4 rings (SSSR count). The molecule has 0 unspecified atom stereocenters. The molecule has 0 saturated carbocycles. The molecule has 0 bridgehead atoms. The van der Waals surface area contributed by atoms with E-state index >= 15 is 0 Å². The second-order valence-corrected chi connectivity index (χ2v) is 8.06. The van der Waals surface area contributed by atoms with E-state index in [1.165, 1.54) is 12.8 Å². The summed E-state index contributed by atoms with van der Waals surface area (Å²) in [6.45, 7) is 6.62. The van der Waals surface area contributed by atoms with Crippen molar-refractivity contribution in [3.05, 3.63) is 34.6 Å². The fraction of sp³-hybridized carbons (Fsp3) is 0.579. The molecular weight excluding hydrogens is 380 g/mol. The number of benzene rings is 1. The first-order valence-electron chi connectivity index (χ1n) is 9.75. The molecule has 150 valence electrons. The highest BCUT2D eigenvalue weighted by Crippen LogP contribution is 2.26. The summed E-state index contributed by atoms with van der Waals surface area (Å²) in [7, 11) is 0. The van der Waals surface area contributed by atoms with Crippen LogP contribution in [0.2, 0.25) is 5.02 Å². The number of piperidine rings is 1. The average molecular weight is 405 g/mol. The number of carbonyl (C=O) groups excluding carboxylic acids is 1. The van der Waals surface area contributed by atoms with Crippen LogP contribution in [0.5, 0.6) is 5.75 Å². The lowest BCUT2D eigenvalue weighted by Crippen LogP contribution is -2.37. The topological polar surface area (TPSA) is 76.4 Å². The van der Waals surface area contributed by atoms with Crippen LogP contribution >= 0.6 is 11.6 Å². The van der Waals surface area contributed by atoms with Gasteiger partial charge < -0.3 is 9.64 Å². The maximum atomic E-state index is 12.9. The minimum absolute atomic E-state index is 0.0303. The van der Waals surface area contributed by atoms with Crippen LogP contribution in [0.3, 0.4) is 0 Å². The van der Waals surface area contributed by atoms with Crippen LogP contribution in [-0.2, 0) is 24.4 Å². The van der Waals surface area contributed by atoms with E-state index < -0.39 is 0 Å². The van der Waals surface area contributed by atoms with Gasteiger partial charge in [-0.2, -0.15) is 0 Å². The summed E-state index contributed by atoms with van der Waals surface area (Å²) in [5.41, 5.74) is 0.915. The van der Waals surface area contributed by atoms with Crippen molar-refractivity contribution in [1.82, 2.24) is 30.0 Å². The maximum absolute atomic E-state index is 12.9. The monoisotopic (exact) mass is 404 g/mol. The van der Waals surface area contributed by atoms with Crippen molar-refractivity contribution in [3.63, 3.8) is 0 Å². The molecule has 1 saturated heterocycles. The molecule has 8 nitrogen and oxygen atoms in total. The van der Waals surface area contributed by atoms with E-state index in [1.807, 2.05) is 12.1 Å². The molecule has 1 aromatic carbocycles. The summed E-state index contributed by atoms with van der Waals surface area (Å²) >= 11 is 6.10.